The average molecular weight is 168 g/mol. The predicted molar refractivity (Wildman–Crippen MR) is 56.1 cm³/mol. The van der Waals surface area contributed by atoms with Gasteiger partial charge in [0.1, 0.15) is 0 Å². The molecule has 0 radical (unpaired) electrons. The van der Waals surface area contributed by atoms with Crippen LogP contribution in [-0.4, -0.2) is 30.7 Å². The summed E-state index contributed by atoms with van der Waals surface area (Å²) >= 11 is 0. The molecule has 0 spiro atoms. The van der Waals surface area contributed by atoms with Crippen LogP contribution in [0.5, 0.6) is 0 Å². The summed E-state index contributed by atoms with van der Waals surface area (Å²) in [5.74, 6) is 0. The van der Waals surface area contributed by atoms with Crippen molar-refractivity contribution in [2.75, 3.05) is 20.1 Å². The number of likely N-dealkylation sites (N-methyl/N-ethyl adjacent to an activating group) is 1. The molecular weight excluding hydrogens is 146 g/mol. The molecule has 1 unspecified atom stereocenters. The van der Waals surface area contributed by atoms with Gasteiger partial charge >= 0.3 is 0 Å². The number of quaternary nitrogens is 1. The molecule has 1 nitrogen and oxygen atoms in total. The van der Waals surface area contributed by atoms with Gasteiger partial charge in [0.2, 0.25) is 0 Å². The Kier molecular flexibility index (Phi) is 4.91. The standard InChI is InChI=1S/C11H22N/c1-6-9-12(5,10-7-2)11(4)8-3/h6-7,11H,1-2,8-10H2,3-5H3/q+1. The zero-order valence-corrected chi connectivity index (χ0v) is 8.71. The average Bonchev–Trinajstić information content (AvgIpc) is 2.04. The highest BCUT2D eigenvalue weighted by atomic mass is 15.3. The van der Waals surface area contributed by atoms with Crippen molar-refractivity contribution in [3.8, 4) is 0 Å². The van der Waals surface area contributed by atoms with E-state index < -0.39 is 0 Å². The molecule has 0 rings (SSSR count). The molecule has 0 aromatic rings. The smallest absolute Gasteiger partial charge is 0.0973 e. The highest BCUT2D eigenvalue weighted by Gasteiger charge is 2.24. The normalized spacial score (nSPS) is 13.9. The van der Waals surface area contributed by atoms with E-state index in [2.05, 4.69) is 34.1 Å². The summed E-state index contributed by atoms with van der Waals surface area (Å²) in [5.41, 5.74) is 0. The summed E-state index contributed by atoms with van der Waals surface area (Å²) in [6.07, 6.45) is 5.20. The summed E-state index contributed by atoms with van der Waals surface area (Å²) in [6.45, 7) is 14.2. The first-order valence-electron chi connectivity index (χ1n) is 4.66. The van der Waals surface area contributed by atoms with E-state index in [1.165, 1.54) is 6.42 Å². The van der Waals surface area contributed by atoms with Crippen molar-refractivity contribution in [1.82, 2.24) is 0 Å². The third kappa shape index (κ3) is 2.82. The topological polar surface area (TPSA) is 0 Å². The molecule has 0 aliphatic rings. The quantitative estimate of drug-likeness (QED) is 0.422. The van der Waals surface area contributed by atoms with Crippen LogP contribution in [0.3, 0.4) is 0 Å². The van der Waals surface area contributed by atoms with Crippen molar-refractivity contribution < 1.29 is 4.48 Å². The molecule has 0 aliphatic heterocycles. The summed E-state index contributed by atoms with van der Waals surface area (Å²) in [5, 5.41) is 0. The van der Waals surface area contributed by atoms with Crippen LogP contribution in [-0.2, 0) is 0 Å². The van der Waals surface area contributed by atoms with Crippen molar-refractivity contribution in [3.05, 3.63) is 25.3 Å². The maximum Gasteiger partial charge on any atom is 0.0973 e. The minimum atomic E-state index is 0.681. The van der Waals surface area contributed by atoms with Gasteiger partial charge in [0, 0.05) is 0 Å². The molecule has 0 aliphatic carbocycles. The minimum absolute atomic E-state index is 0.681. The zero-order chi connectivity index (χ0) is 9.61. The predicted octanol–water partition coefficient (Wildman–Crippen LogP) is 2.60. The molecular formula is C11H22N+. The van der Waals surface area contributed by atoms with Crippen LogP contribution >= 0.6 is 0 Å². The molecule has 70 valence electrons. The maximum atomic E-state index is 3.79. The third-order valence-electron chi connectivity index (χ3n) is 2.75. The van der Waals surface area contributed by atoms with E-state index in [1.807, 2.05) is 12.2 Å². The summed E-state index contributed by atoms with van der Waals surface area (Å²) in [7, 11) is 2.26. The first-order chi connectivity index (χ1) is 5.60. The van der Waals surface area contributed by atoms with Gasteiger partial charge in [0.25, 0.3) is 0 Å². The van der Waals surface area contributed by atoms with E-state index in [0.29, 0.717) is 6.04 Å². The van der Waals surface area contributed by atoms with E-state index in [4.69, 9.17) is 0 Å². The Hall–Kier alpha value is -0.560. The molecule has 0 aromatic carbocycles. The second kappa shape index (κ2) is 5.15. The fourth-order valence-electron chi connectivity index (χ4n) is 1.47. The van der Waals surface area contributed by atoms with Gasteiger partial charge in [0.05, 0.1) is 26.2 Å². The largest absolute Gasteiger partial charge is 0.317 e. The molecule has 0 fully saturated rings. The first kappa shape index (κ1) is 11.4. The molecule has 1 atom stereocenters. The monoisotopic (exact) mass is 168 g/mol. The Labute approximate surface area is 77.0 Å². The van der Waals surface area contributed by atoms with Crippen LogP contribution < -0.4 is 0 Å². The van der Waals surface area contributed by atoms with Gasteiger partial charge in [-0.1, -0.05) is 20.1 Å². The highest BCUT2D eigenvalue weighted by Crippen LogP contribution is 2.13. The Morgan fingerprint density at radius 2 is 1.67 bits per heavy atom. The Morgan fingerprint density at radius 1 is 1.25 bits per heavy atom. The lowest BCUT2D eigenvalue weighted by Crippen LogP contribution is -2.50. The van der Waals surface area contributed by atoms with Crippen molar-refractivity contribution in [2.45, 2.75) is 26.3 Å². The van der Waals surface area contributed by atoms with Gasteiger partial charge in [-0.3, -0.25) is 0 Å². The minimum Gasteiger partial charge on any atom is -0.317 e. The van der Waals surface area contributed by atoms with E-state index in [-0.39, 0.29) is 0 Å². The number of rotatable bonds is 6. The van der Waals surface area contributed by atoms with Gasteiger partial charge in [-0.2, -0.15) is 0 Å². The number of hydrogen-bond acceptors (Lipinski definition) is 0. The Bertz CT molecular complexity index is 139. The summed E-state index contributed by atoms with van der Waals surface area (Å²) in [4.78, 5) is 0. The first-order valence-corrected chi connectivity index (χ1v) is 4.66. The summed E-state index contributed by atoms with van der Waals surface area (Å²) < 4.78 is 1.03. The second-order valence-corrected chi connectivity index (χ2v) is 3.68. The van der Waals surface area contributed by atoms with Crippen molar-refractivity contribution in [3.63, 3.8) is 0 Å². The molecule has 1 heteroatoms. The second-order valence-electron chi connectivity index (χ2n) is 3.68. The van der Waals surface area contributed by atoms with Crippen molar-refractivity contribution in [2.24, 2.45) is 0 Å². The lowest BCUT2D eigenvalue weighted by molar-refractivity contribution is -0.921. The Morgan fingerprint density at radius 3 is 1.92 bits per heavy atom. The molecule has 0 saturated carbocycles. The fourth-order valence-corrected chi connectivity index (χ4v) is 1.47. The molecule has 0 N–H and O–H groups in total. The molecule has 12 heavy (non-hydrogen) atoms. The van der Waals surface area contributed by atoms with Crippen LogP contribution in [0.1, 0.15) is 20.3 Å². The van der Waals surface area contributed by atoms with E-state index >= 15 is 0 Å². The molecule has 0 bridgehead atoms. The van der Waals surface area contributed by atoms with Crippen LogP contribution in [0.25, 0.3) is 0 Å². The molecule has 0 heterocycles. The van der Waals surface area contributed by atoms with Crippen LogP contribution in [0.15, 0.2) is 25.3 Å². The molecule has 0 amide bonds. The highest BCUT2D eigenvalue weighted by molar-refractivity contribution is 4.72. The Balaban J connectivity index is 4.34. The third-order valence-corrected chi connectivity index (χ3v) is 2.75. The van der Waals surface area contributed by atoms with Gasteiger partial charge < -0.3 is 4.48 Å². The van der Waals surface area contributed by atoms with Crippen LogP contribution in [0.2, 0.25) is 0 Å². The van der Waals surface area contributed by atoms with Crippen LogP contribution in [0, 0.1) is 0 Å². The SMILES string of the molecule is C=CC[N+](C)(CC=C)C(C)CC. The van der Waals surface area contributed by atoms with E-state index in [9.17, 15) is 0 Å². The number of nitrogens with zero attached hydrogens (tertiary/aromatic N) is 1. The van der Waals surface area contributed by atoms with E-state index in [0.717, 1.165) is 17.6 Å². The van der Waals surface area contributed by atoms with Gasteiger partial charge in [-0.05, 0) is 25.5 Å². The maximum absolute atomic E-state index is 3.79. The lowest BCUT2D eigenvalue weighted by atomic mass is 10.1. The van der Waals surface area contributed by atoms with Gasteiger partial charge in [-0.15, -0.1) is 0 Å². The fraction of sp³-hybridized carbons (Fsp3) is 0.636. The van der Waals surface area contributed by atoms with E-state index in [1.54, 1.807) is 0 Å². The van der Waals surface area contributed by atoms with Gasteiger partial charge in [0.15, 0.2) is 0 Å². The van der Waals surface area contributed by atoms with Crippen molar-refractivity contribution in [1.29, 1.82) is 0 Å². The molecule has 0 aromatic heterocycles. The number of hydrogen-bond donors (Lipinski definition) is 0. The lowest BCUT2D eigenvalue weighted by Gasteiger charge is -2.38. The van der Waals surface area contributed by atoms with Gasteiger partial charge in [-0.25, -0.2) is 0 Å². The molecule has 0 saturated heterocycles. The van der Waals surface area contributed by atoms with Crippen LogP contribution in [0.4, 0.5) is 0 Å². The van der Waals surface area contributed by atoms with Crippen molar-refractivity contribution >= 4 is 0 Å². The zero-order valence-electron chi connectivity index (χ0n) is 8.71. The summed E-state index contributed by atoms with van der Waals surface area (Å²) in [6, 6.07) is 0.681.